The fourth-order valence-electron chi connectivity index (χ4n) is 3.86. The van der Waals surface area contributed by atoms with E-state index in [2.05, 4.69) is 35.1 Å². The highest BCUT2D eigenvalue weighted by molar-refractivity contribution is 5.68. The lowest BCUT2D eigenvalue weighted by Gasteiger charge is -2.10. The van der Waals surface area contributed by atoms with Crippen LogP contribution in [0.15, 0.2) is 60.9 Å². The van der Waals surface area contributed by atoms with E-state index in [9.17, 15) is 0 Å². The zero-order valence-corrected chi connectivity index (χ0v) is 22.2. The molecule has 196 valence electrons. The van der Waals surface area contributed by atoms with Crippen molar-refractivity contribution in [1.82, 2.24) is 9.97 Å². The average Bonchev–Trinajstić information content (AvgIpc) is 2.95. The Hall–Kier alpha value is -3.43. The summed E-state index contributed by atoms with van der Waals surface area (Å²) in [5.41, 5.74) is 3.18. The SMILES string of the molecule is CCCCCCCCOc1cnc(-c2ccc(-c3ccc(OCCOCC(C#N)CC)cc3)cc2)nc1. The topological polar surface area (TPSA) is 77.3 Å². The van der Waals surface area contributed by atoms with Gasteiger partial charge in [-0.15, -0.1) is 0 Å². The highest BCUT2D eigenvalue weighted by Crippen LogP contribution is 2.25. The number of hydrogen-bond donors (Lipinski definition) is 0. The van der Waals surface area contributed by atoms with Gasteiger partial charge in [0, 0.05) is 5.56 Å². The standard InChI is InChI=1S/C31H39N3O3/c1-3-5-6-7-8-9-18-36-30-22-33-31(34-23-30)28-12-10-26(11-13-28)27-14-16-29(17-15-27)37-20-19-35-24-25(4-2)21-32/h10-17,22-23,25H,3-9,18-20,24H2,1-2H3. The molecule has 0 N–H and O–H groups in total. The maximum Gasteiger partial charge on any atom is 0.159 e. The number of unbranched alkanes of at least 4 members (excludes halogenated alkanes) is 5. The van der Waals surface area contributed by atoms with Gasteiger partial charge in [0.2, 0.25) is 0 Å². The molecule has 0 bridgehead atoms. The van der Waals surface area contributed by atoms with Gasteiger partial charge in [0.05, 0.1) is 44.2 Å². The first kappa shape index (κ1) is 28.1. The molecule has 6 heteroatoms. The monoisotopic (exact) mass is 501 g/mol. The molecule has 37 heavy (non-hydrogen) atoms. The lowest BCUT2D eigenvalue weighted by Crippen LogP contribution is -2.12. The van der Waals surface area contributed by atoms with Crippen molar-refractivity contribution in [2.45, 2.75) is 58.8 Å². The molecule has 0 saturated heterocycles. The van der Waals surface area contributed by atoms with Crippen LogP contribution in [0.5, 0.6) is 11.5 Å². The number of nitriles is 1. The summed E-state index contributed by atoms with van der Waals surface area (Å²) in [6, 6.07) is 18.5. The summed E-state index contributed by atoms with van der Waals surface area (Å²) >= 11 is 0. The molecule has 2 aromatic carbocycles. The molecule has 3 rings (SSSR count). The van der Waals surface area contributed by atoms with E-state index in [1.165, 1.54) is 32.1 Å². The first-order chi connectivity index (χ1) is 18.2. The molecule has 0 fully saturated rings. The minimum Gasteiger partial charge on any atom is -0.491 e. The third-order valence-electron chi connectivity index (χ3n) is 6.22. The zero-order chi connectivity index (χ0) is 26.1. The lowest BCUT2D eigenvalue weighted by atomic mass is 10.0. The first-order valence-electron chi connectivity index (χ1n) is 13.5. The maximum absolute atomic E-state index is 8.95. The zero-order valence-electron chi connectivity index (χ0n) is 22.2. The second-order valence-electron chi connectivity index (χ2n) is 9.12. The van der Waals surface area contributed by atoms with E-state index >= 15 is 0 Å². The van der Waals surface area contributed by atoms with E-state index in [1.54, 1.807) is 12.4 Å². The number of ether oxygens (including phenoxy) is 3. The van der Waals surface area contributed by atoms with Crippen LogP contribution >= 0.6 is 0 Å². The minimum absolute atomic E-state index is 0.0506. The molecule has 0 aliphatic rings. The average molecular weight is 502 g/mol. The fraction of sp³-hybridized carbons (Fsp3) is 0.452. The van der Waals surface area contributed by atoms with Crippen molar-refractivity contribution < 1.29 is 14.2 Å². The van der Waals surface area contributed by atoms with Crippen LogP contribution in [0.3, 0.4) is 0 Å². The molecule has 0 saturated carbocycles. The van der Waals surface area contributed by atoms with Crippen LogP contribution in [0.25, 0.3) is 22.5 Å². The Bertz CT molecular complexity index is 1060. The summed E-state index contributed by atoms with van der Waals surface area (Å²) in [7, 11) is 0. The third-order valence-corrected chi connectivity index (χ3v) is 6.22. The van der Waals surface area contributed by atoms with E-state index in [0.717, 1.165) is 41.0 Å². The molecule has 0 aliphatic carbocycles. The molecule has 3 aromatic rings. The van der Waals surface area contributed by atoms with Crippen LogP contribution in [-0.2, 0) is 4.74 Å². The molecular weight excluding hydrogens is 462 g/mol. The molecule has 0 radical (unpaired) electrons. The van der Waals surface area contributed by atoms with Crippen LogP contribution in [0.2, 0.25) is 0 Å². The Morgan fingerprint density at radius 2 is 1.30 bits per heavy atom. The quantitative estimate of drug-likeness (QED) is 0.178. The third kappa shape index (κ3) is 9.86. The Kier molecular flexibility index (Phi) is 12.4. The molecule has 1 heterocycles. The summed E-state index contributed by atoms with van der Waals surface area (Å²) < 4.78 is 17.1. The van der Waals surface area contributed by atoms with Gasteiger partial charge in [0.15, 0.2) is 11.6 Å². The summed E-state index contributed by atoms with van der Waals surface area (Å²) in [6.45, 7) is 6.31. The lowest BCUT2D eigenvalue weighted by molar-refractivity contribution is 0.0845. The van der Waals surface area contributed by atoms with E-state index in [4.69, 9.17) is 19.5 Å². The number of aromatic nitrogens is 2. The van der Waals surface area contributed by atoms with Crippen LogP contribution < -0.4 is 9.47 Å². The van der Waals surface area contributed by atoms with Crippen molar-refractivity contribution in [2.24, 2.45) is 5.92 Å². The smallest absolute Gasteiger partial charge is 0.159 e. The van der Waals surface area contributed by atoms with Gasteiger partial charge in [-0.1, -0.05) is 82.3 Å². The normalized spacial score (nSPS) is 11.6. The molecule has 6 nitrogen and oxygen atoms in total. The Morgan fingerprint density at radius 1 is 0.703 bits per heavy atom. The highest BCUT2D eigenvalue weighted by atomic mass is 16.5. The van der Waals surface area contributed by atoms with E-state index < -0.39 is 0 Å². The summed E-state index contributed by atoms with van der Waals surface area (Å²) in [5.74, 6) is 2.15. The highest BCUT2D eigenvalue weighted by Gasteiger charge is 2.06. The maximum atomic E-state index is 8.95. The molecule has 0 spiro atoms. The van der Waals surface area contributed by atoms with Crippen molar-refractivity contribution in [1.29, 1.82) is 5.26 Å². The van der Waals surface area contributed by atoms with Crippen molar-refractivity contribution in [3.8, 4) is 40.1 Å². The van der Waals surface area contributed by atoms with Crippen LogP contribution in [-0.4, -0.2) is 36.4 Å². The van der Waals surface area contributed by atoms with Gasteiger partial charge < -0.3 is 14.2 Å². The molecule has 1 unspecified atom stereocenters. The van der Waals surface area contributed by atoms with Crippen molar-refractivity contribution >= 4 is 0 Å². The van der Waals surface area contributed by atoms with Crippen LogP contribution in [0.1, 0.15) is 58.8 Å². The second kappa shape index (κ2) is 16.3. The van der Waals surface area contributed by atoms with Gasteiger partial charge in [0.25, 0.3) is 0 Å². The Morgan fingerprint density at radius 3 is 1.95 bits per heavy atom. The van der Waals surface area contributed by atoms with E-state index in [-0.39, 0.29) is 5.92 Å². The minimum atomic E-state index is -0.0506. The largest absolute Gasteiger partial charge is 0.491 e. The summed E-state index contributed by atoms with van der Waals surface area (Å²) in [6.07, 6.45) is 11.8. The van der Waals surface area contributed by atoms with Gasteiger partial charge >= 0.3 is 0 Å². The van der Waals surface area contributed by atoms with Crippen molar-refractivity contribution in [3.05, 3.63) is 60.9 Å². The van der Waals surface area contributed by atoms with Crippen molar-refractivity contribution in [3.63, 3.8) is 0 Å². The molecule has 0 aliphatic heterocycles. The number of benzene rings is 2. The van der Waals surface area contributed by atoms with Gasteiger partial charge in [-0.2, -0.15) is 5.26 Å². The molecule has 1 atom stereocenters. The van der Waals surface area contributed by atoms with Crippen LogP contribution in [0, 0.1) is 17.2 Å². The second-order valence-corrected chi connectivity index (χ2v) is 9.12. The molecule has 0 amide bonds. The van der Waals surface area contributed by atoms with E-state index in [1.807, 2.05) is 43.3 Å². The van der Waals surface area contributed by atoms with Crippen LogP contribution in [0.4, 0.5) is 0 Å². The van der Waals surface area contributed by atoms with Gasteiger partial charge in [-0.3, -0.25) is 0 Å². The van der Waals surface area contributed by atoms with Gasteiger partial charge in [-0.05, 0) is 36.1 Å². The molecular formula is C31H39N3O3. The number of rotatable bonds is 17. The number of nitrogens with zero attached hydrogens (tertiary/aromatic N) is 3. The van der Waals surface area contributed by atoms with Gasteiger partial charge in [0.1, 0.15) is 12.4 Å². The van der Waals surface area contributed by atoms with Crippen molar-refractivity contribution in [2.75, 3.05) is 26.4 Å². The molecule has 1 aromatic heterocycles. The predicted octanol–water partition coefficient (Wildman–Crippen LogP) is 7.50. The van der Waals surface area contributed by atoms with E-state index in [0.29, 0.717) is 32.3 Å². The summed E-state index contributed by atoms with van der Waals surface area (Å²) in [4.78, 5) is 8.97. The Balaban J connectivity index is 1.42. The Labute approximate surface area is 221 Å². The predicted molar refractivity (Wildman–Crippen MR) is 147 cm³/mol. The first-order valence-corrected chi connectivity index (χ1v) is 13.5. The number of hydrogen-bond acceptors (Lipinski definition) is 6. The van der Waals surface area contributed by atoms with Gasteiger partial charge in [-0.25, -0.2) is 9.97 Å². The summed E-state index contributed by atoms with van der Waals surface area (Å²) in [5, 5.41) is 8.95. The fourth-order valence-corrected chi connectivity index (χ4v) is 3.86.